The molecule has 0 spiro atoms. The van der Waals surface area contributed by atoms with Crippen LogP contribution in [0.2, 0.25) is 0 Å². The molecule has 6 rings (SSSR count). The molecule has 0 radical (unpaired) electrons. The summed E-state index contributed by atoms with van der Waals surface area (Å²) in [5.41, 5.74) is 7.53. The number of aryl methyl sites for hydroxylation is 2. The van der Waals surface area contributed by atoms with E-state index >= 15 is 0 Å². The largest absolute Gasteiger partial charge is 0.338 e. The quantitative estimate of drug-likeness (QED) is 0.651. The number of nitrogens with zero attached hydrogens (tertiary/aromatic N) is 6. The molecule has 3 aliphatic rings. The van der Waals surface area contributed by atoms with E-state index in [-0.39, 0.29) is 5.91 Å². The van der Waals surface area contributed by atoms with Gasteiger partial charge in [-0.2, -0.15) is 10.2 Å². The van der Waals surface area contributed by atoms with Crippen LogP contribution in [-0.2, 0) is 31.2 Å². The summed E-state index contributed by atoms with van der Waals surface area (Å²) in [4.78, 5) is 16.6. The van der Waals surface area contributed by atoms with E-state index in [9.17, 15) is 4.79 Å². The number of nitrogens with one attached hydrogen (secondary N) is 1. The van der Waals surface area contributed by atoms with E-state index in [1.807, 2.05) is 22.8 Å². The number of anilines is 2. The number of rotatable bonds is 3. The Morgan fingerprint density at radius 1 is 1.12 bits per heavy atom. The van der Waals surface area contributed by atoms with Crippen LogP contribution in [0.5, 0.6) is 0 Å². The molecule has 0 saturated carbocycles. The van der Waals surface area contributed by atoms with Gasteiger partial charge in [-0.05, 0) is 62.0 Å². The first kappa shape index (κ1) is 21.4. The number of hydrogen-bond donors (Lipinski definition) is 1. The van der Waals surface area contributed by atoms with Crippen molar-refractivity contribution in [1.29, 1.82) is 0 Å². The summed E-state index contributed by atoms with van der Waals surface area (Å²) in [6.07, 6.45) is 9.24. The van der Waals surface area contributed by atoms with E-state index in [0.717, 1.165) is 69.7 Å². The molecular formula is C26H33N7O. The highest BCUT2D eigenvalue weighted by Gasteiger charge is 2.33. The third-order valence-electron chi connectivity index (χ3n) is 7.66. The van der Waals surface area contributed by atoms with Crippen molar-refractivity contribution in [1.82, 2.24) is 29.8 Å². The Morgan fingerprint density at radius 2 is 1.97 bits per heavy atom. The van der Waals surface area contributed by atoms with Crippen LogP contribution in [0.15, 0.2) is 30.6 Å². The number of carbonyl (C=O) groups is 1. The normalized spacial score (nSPS) is 18.6. The predicted octanol–water partition coefficient (Wildman–Crippen LogP) is 3.20. The van der Waals surface area contributed by atoms with Gasteiger partial charge in [0.15, 0.2) is 5.82 Å². The maximum Gasteiger partial charge on any atom is 0.219 e. The fourth-order valence-corrected chi connectivity index (χ4v) is 5.83. The lowest BCUT2D eigenvalue weighted by Crippen LogP contribution is -2.36. The molecule has 3 aromatic rings. The first-order valence-corrected chi connectivity index (χ1v) is 12.5. The Balaban J connectivity index is 1.41. The molecule has 178 valence electrons. The van der Waals surface area contributed by atoms with Gasteiger partial charge in [-0.25, -0.2) is 0 Å². The Hall–Kier alpha value is -3.13. The van der Waals surface area contributed by atoms with E-state index < -0.39 is 0 Å². The van der Waals surface area contributed by atoms with Crippen LogP contribution in [0.1, 0.15) is 49.0 Å². The van der Waals surface area contributed by atoms with Crippen LogP contribution in [-0.4, -0.2) is 56.5 Å². The molecule has 0 atom stereocenters. The summed E-state index contributed by atoms with van der Waals surface area (Å²) in [7, 11) is 1.95. The Bertz CT molecular complexity index is 1220. The molecule has 1 N–H and O–H groups in total. The first-order chi connectivity index (χ1) is 16.6. The number of amides is 1. The standard InChI is InChI=1S/C26H33N7O/c1-18(34)31-13-9-25-23(17-31)26(29-33(25)22-7-10-27-11-8-22)32-12-3-4-20-14-19(5-6-24(20)32)21-15-28-30(2)16-21/h5-6,14-16,22,27H,3-4,7-13,17H2,1-2H3. The summed E-state index contributed by atoms with van der Waals surface area (Å²) in [6, 6.07) is 7.20. The molecule has 1 aromatic carbocycles. The average molecular weight is 460 g/mol. The minimum absolute atomic E-state index is 0.145. The number of benzene rings is 1. The molecule has 2 aromatic heterocycles. The number of fused-ring (bicyclic) bond motifs is 2. The van der Waals surface area contributed by atoms with Gasteiger partial charge in [0.2, 0.25) is 5.91 Å². The van der Waals surface area contributed by atoms with Crippen LogP contribution >= 0.6 is 0 Å². The second-order valence-corrected chi connectivity index (χ2v) is 9.87. The molecule has 34 heavy (non-hydrogen) atoms. The second kappa shape index (κ2) is 8.58. The van der Waals surface area contributed by atoms with Crippen LogP contribution in [0.4, 0.5) is 11.5 Å². The van der Waals surface area contributed by atoms with Gasteiger partial charge < -0.3 is 15.1 Å². The van der Waals surface area contributed by atoms with Crippen LogP contribution in [0.3, 0.4) is 0 Å². The third-order valence-corrected chi connectivity index (χ3v) is 7.66. The number of aromatic nitrogens is 4. The molecule has 0 unspecified atom stereocenters. The molecule has 1 fully saturated rings. The van der Waals surface area contributed by atoms with E-state index in [4.69, 9.17) is 5.10 Å². The molecule has 8 nitrogen and oxygen atoms in total. The zero-order chi connectivity index (χ0) is 23.2. The van der Waals surface area contributed by atoms with Gasteiger partial charge >= 0.3 is 0 Å². The molecule has 0 aliphatic carbocycles. The lowest BCUT2D eigenvalue weighted by Gasteiger charge is -2.32. The van der Waals surface area contributed by atoms with Gasteiger partial charge in [0.25, 0.3) is 0 Å². The van der Waals surface area contributed by atoms with Crippen LogP contribution in [0, 0.1) is 0 Å². The summed E-state index contributed by atoms with van der Waals surface area (Å²) < 4.78 is 4.17. The highest BCUT2D eigenvalue weighted by atomic mass is 16.2. The van der Waals surface area contributed by atoms with Gasteiger partial charge in [-0.1, -0.05) is 6.07 Å². The lowest BCUT2D eigenvalue weighted by atomic mass is 9.96. The first-order valence-electron chi connectivity index (χ1n) is 12.5. The van der Waals surface area contributed by atoms with Crippen molar-refractivity contribution < 1.29 is 4.79 Å². The van der Waals surface area contributed by atoms with Crippen molar-refractivity contribution in [3.63, 3.8) is 0 Å². The van der Waals surface area contributed by atoms with Gasteiger partial charge in [-0.3, -0.25) is 14.2 Å². The van der Waals surface area contributed by atoms with Crippen molar-refractivity contribution >= 4 is 17.4 Å². The maximum absolute atomic E-state index is 12.2. The zero-order valence-electron chi connectivity index (χ0n) is 20.1. The minimum atomic E-state index is 0.145. The summed E-state index contributed by atoms with van der Waals surface area (Å²) in [6.45, 7) is 6.15. The van der Waals surface area contributed by atoms with E-state index in [0.29, 0.717) is 12.6 Å². The molecule has 0 bridgehead atoms. The topological polar surface area (TPSA) is 71.2 Å². The summed E-state index contributed by atoms with van der Waals surface area (Å²) in [5.74, 6) is 1.20. The highest BCUT2D eigenvalue weighted by Crippen LogP contribution is 2.40. The van der Waals surface area contributed by atoms with Gasteiger partial charge in [0.1, 0.15) is 0 Å². The Labute approximate surface area is 200 Å². The summed E-state index contributed by atoms with van der Waals surface area (Å²) in [5, 5.41) is 13.1. The molecule has 1 amide bonds. The molecular weight excluding hydrogens is 426 g/mol. The van der Waals surface area contributed by atoms with Crippen molar-refractivity contribution in [2.45, 2.75) is 51.6 Å². The number of carbonyl (C=O) groups excluding carboxylic acids is 1. The van der Waals surface area contributed by atoms with Crippen molar-refractivity contribution in [3.8, 4) is 11.1 Å². The van der Waals surface area contributed by atoms with E-state index in [1.165, 1.54) is 28.1 Å². The Kier molecular flexibility index (Phi) is 5.40. The lowest BCUT2D eigenvalue weighted by molar-refractivity contribution is -0.129. The minimum Gasteiger partial charge on any atom is -0.338 e. The number of piperidine rings is 1. The second-order valence-electron chi connectivity index (χ2n) is 9.87. The van der Waals surface area contributed by atoms with Gasteiger partial charge in [-0.15, -0.1) is 0 Å². The fourth-order valence-electron chi connectivity index (χ4n) is 5.83. The van der Waals surface area contributed by atoms with Crippen molar-refractivity contribution in [3.05, 3.63) is 47.4 Å². The summed E-state index contributed by atoms with van der Waals surface area (Å²) >= 11 is 0. The highest BCUT2D eigenvalue weighted by molar-refractivity contribution is 5.76. The van der Waals surface area contributed by atoms with E-state index in [1.54, 1.807) is 6.92 Å². The molecule has 3 aliphatic heterocycles. The van der Waals surface area contributed by atoms with Gasteiger partial charge in [0.05, 0.1) is 18.8 Å². The Morgan fingerprint density at radius 3 is 2.74 bits per heavy atom. The van der Waals surface area contributed by atoms with E-state index in [2.05, 4.69) is 44.4 Å². The maximum atomic E-state index is 12.2. The molecule has 5 heterocycles. The van der Waals surface area contributed by atoms with Crippen LogP contribution < -0.4 is 10.2 Å². The van der Waals surface area contributed by atoms with Crippen molar-refractivity contribution in [2.24, 2.45) is 7.05 Å². The average Bonchev–Trinajstić information content (AvgIpc) is 3.47. The molecule has 1 saturated heterocycles. The monoisotopic (exact) mass is 459 g/mol. The molecule has 8 heteroatoms. The predicted molar refractivity (Wildman–Crippen MR) is 132 cm³/mol. The smallest absolute Gasteiger partial charge is 0.219 e. The van der Waals surface area contributed by atoms with Crippen molar-refractivity contribution in [2.75, 3.05) is 31.1 Å². The fraction of sp³-hybridized carbons (Fsp3) is 0.500. The third kappa shape index (κ3) is 3.70. The van der Waals surface area contributed by atoms with Crippen LogP contribution in [0.25, 0.3) is 11.1 Å². The van der Waals surface area contributed by atoms with Gasteiger partial charge in [0, 0.05) is 62.2 Å². The number of hydrogen-bond acceptors (Lipinski definition) is 5. The zero-order valence-corrected chi connectivity index (χ0v) is 20.1. The SMILES string of the molecule is CC(=O)N1CCc2c(c(N3CCCc4cc(-c5cnn(C)c5)ccc43)nn2C2CCNCC2)C1.